The molecule has 1 heterocycles. The Balaban J connectivity index is 1.71. The molecule has 0 fully saturated rings. The Morgan fingerprint density at radius 3 is 2.81 bits per heavy atom. The lowest BCUT2D eigenvalue weighted by atomic mass is 10.1. The molecule has 0 aliphatic carbocycles. The fourth-order valence-electron chi connectivity index (χ4n) is 2.01. The minimum Gasteiger partial charge on any atom is -0.333 e. The van der Waals surface area contributed by atoms with E-state index in [1.165, 1.54) is 17.3 Å². The molecule has 0 amide bonds. The maximum absolute atomic E-state index is 11.9. The second kappa shape index (κ2) is 5.97. The molecule has 4 heteroatoms. The number of fused-ring (bicyclic) bond motifs is 1. The molecule has 1 N–H and O–H groups in total. The minimum atomic E-state index is -0.00458. The molecular weight excluding hydrogens is 280 g/mol. The molecule has 0 aliphatic heterocycles. The summed E-state index contributed by atoms with van der Waals surface area (Å²) in [5.74, 6) is -0.00458. The second-order valence-electron chi connectivity index (χ2n) is 4.71. The summed E-state index contributed by atoms with van der Waals surface area (Å²) in [6.45, 7) is 2.05. The average molecular weight is 294 g/mol. The molecule has 0 unspecified atom stereocenters. The van der Waals surface area contributed by atoms with Crippen LogP contribution in [0, 0.1) is 6.92 Å². The first kappa shape index (κ1) is 13.6. The number of nitrogens with one attached hydrogen (secondary N) is 1. The van der Waals surface area contributed by atoms with Crippen LogP contribution in [0.2, 0.25) is 0 Å². The van der Waals surface area contributed by atoms with Gasteiger partial charge in [-0.15, -0.1) is 0 Å². The molecule has 2 aromatic carbocycles. The fourth-order valence-corrected chi connectivity index (χ4v) is 2.66. The van der Waals surface area contributed by atoms with Crippen molar-refractivity contribution in [1.29, 1.82) is 0 Å². The highest BCUT2D eigenvalue weighted by molar-refractivity contribution is 8.02. The van der Waals surface area contributed by atoms with Gasteiger partial charge in [0.15, 0.2) is 10.9 Å². The van der Waals surface area contributed by atoms with Gasteiger partial charge in [-0.2, -0.15) is 0 Å². The van der Waals surface area contributed by atoms with Crippen LogP contribution in [0.15, 0.2) is 65.2 Å². The number of ketones is 1. The molecule has 0 saturated carbocycles. The average Bonchev–Trinajstić information content (AvgIpc) is 2.89. The summed E-state index contributed by atoms with van der Waals surface area (Å²) >= 11 is 1.41. The van der Waals surface area contributed by atoms with E-state index in [0.717, 1.165) is 16.2 Å². The van der Waals surface area contributed by atoms with Crippen molar-refractivity contribution in [3.05, 3.63) is 71.1 Å². The highest BCUT2D eigenvalue weighted by atomic mass is 32.2. The highest BCUT2D eigenvalue weighted by Crippen LogP contribution is 2.21. The second-order valence-corrected chi connectivity index (χ2v) is 5.61. The van der Waals surface area contributed by atoms with E-state index in [4.69, 9.17) is 0 Å². The summed E-state index contributed by atoms with van der Waals surface area (Å²) in [5, 5.41) is 2.55. The number of allylic oxidation sites excluding steroid dienone is 1. The zero-order valence-electron chi connectivity index (χ0n) is 11.5. The van der Waals surface area contributed by atoms with E-state index in [2.05, 4.69) is 16.0 Å². The van der Waals surface area contributed by atoms with E-state index in [0.29, 0.717) is 5.56 Å². The topological polar surface area (TPSA) is 45.8 Å². The van der Waals surface area contributed by atoms with Gasteiger partial charge in [-0.3, -0.25) is 4.79 Å². The van der Waals surface area contributed by atoms with E-state index in [1.54, 1.807) is 23.6 Å². The smallest absolute Gasteiger partial charge is 0.186 e. The van der Waals surface area contributed by atoms with Gasteiger partial charge in [-0.05, 0) is 36.1 Å². The molecule has 0 saturated heterocycles. The van der Waals surface area contributed by atoms with Crippen molar-refractivity contribution in [2.24, 2.45) is 0 Å². The van der Waals surface area contributed by atoms with Crippen molar-refractivity contribution in [3.8, 4) is 0 Å². The number of thioether (sulfide) groups is 1. The fraction of sp³-hybridized carbons (Fsp3) is 0.0588. The summed E-state index contributed by atoms with van der Waals surface area (Å²) in [6, 6.07) is 15.3. The first-order chi connectivity index (χ1) is 10.2. The SMILES string of the molecule is Cc1ccc2nc(SC=CC(=O)c3ccccc3)[nH]c2c1. The summed E-state index contributed by atoms with van der Waals surface area (Å²) in [7, 11) is 0. The van der Waals surface area contributed by atoms with E-state index < -0.39 is 0 Å². The first-order valence-corrected chi connectivity index (χ1v) is 7.49. The van der Waals surface area contributed by atoms with Gasteiger partial charge in [0.25, 0.3) is 0 Å². The van der Waals surface area contributed by atoms with Crippen LogP contribution in [-0.2, 0) is 0 Å². The lowest BCUT2D eigenvalue weighted by Gasteiger charge is -1.93. The van der Waals surface area contributed by atoms with Crippen molar-refractivity contribution in [2.45, 2.75) is 12.1 Å². The minimum absolute atomic E-state index is 0.00458. The van der Waals surface area contributed by atoms with E-state index in [9.17, 15) is 4.79 Å². The Labute approximate surface area is 127 Å². The molecule has 1 aromatic heterocycles. The highest BCUT2D eigenvalue weighted by Gasteiger charge is 2.03. The standard InChI is InChI=1S/C17H14N2OS/c1-12-7-8-14-15(11-12)19-17(18-14)21-10-9-16(20)13-5-3-2-4-6-13/h2-11H,1H3,(H,18,19). The van der Waals surface area contributed by atoms with E-state index in [1.807, 2.05) is 37.3 Å². The number of aryl methyl sites for hydroxylation is 1. The van der Waals surface area contributed by atoms with Gasteiger partial charge >= 0.3 is 0 Å². The van der Waals surface area contributed by atoms with Crippen LogP contribution in [0.3, 0.4) is 0 Å². The number of aromatic amines is 1. The number of hydrogen-bond acceptors (Lipinski definition) is 3. The number of carbonyl (C=O) groups excluding carboxylic acids is 1. The van der Waals surface area contributed by atoms with Crippen LogP contribution in [-0.4, -0.2) is 15.8 Å². The van der Waals surface area contributed by atoms with Gasteiger partial charge in [0.05, 0.1) is 11.0 Å². The maximum atomic E-state index is 11.9. The maximum Gasteiger partial charge on any atom is 0.186 e. The Kier molecular flexibility index (Phi) is 3.88. The first-order valence-electron chi connectivity index (χ1n) is 6.61. The van der Waals surface area contributed by atoms with Crippen LogP contribution in [0.1, 0.15) is 15.9 Å². The molecule has 0 radical (unpaired) electrons. The molecule has 0 spiro atoms. The number of aromatic nitrogens is 2. The lowest BCUT2D eigenvalue weighted by molar-refractivity contribution is 0.104. The number of hydrogen-bond donors (Lipinski definition) is 1. The molecule has 0 bridgehead atoms. The zero-order chi connectivity index (χ0) is 14.7. The summed E-state index contributed by atoms with van der Waals surface area (Å²) in [5.41, 5.74) is 3.83. The molecule has 104 valence electrons. The number of nitrogens with zero attached hydrogens (tertiary/aromatic N) is 1. The molecule has 3 rings (SSSR count). The Bertz CT molecular complexity index is 806. The summed E-state index contributed by atoms with van der Waals surface area (Å²) in [6.07, 6.45) is 1.57. The number of rotatable bonds is 4. The third kappa shape index (κ3) is 3.23. The van der Waals surface area contributed by atoms with Gasteiger partial charge in [0.1, 0.15) is 0 Å². The van der Waals surface area contributed by atoms with Crippen LogP contribution < -0.4 is 0 Å². The third-order valence-electron chi connectivity index (χ3n) is 3.07. The molecule has 0 aliphatic rings. The largest absolute Gasteiger partial charge is 0.333 e. The van der Waals surface area contributed by atoms with E-state index >= 15 is 0 Å². The third-order valence-corrected chi connectivity index (χ3v) is 3.76. The quantitative estimate of drug-likeness (QED) is 0.442. The van der Waals surface area contributed by atoms with Crippen molar-refractivity contribution in [1.82, 2.24) is 9.97 Å². The van der Waals surface area contributed by atoms with Gasteiger partial charge in [0, 0.05) is 5.56 Å². The van der Waals surface area contributed by atoms with Crippen LogP contribution in [0.25, 0.3) is 11.0 Å². The Hall–Kier alpha value is -2.33. The van der Waals surface area contributed by atoms with Crippen LogP contribution >= 0.6 is 11.8 Å². The van der Waals surface area contributed by atoms with Crippen LogP contribution in [0.5, 0.6) is 0 Å². The molecule has 3 aromatic rings. The van der Waals surface area contributed by atoms with Crippen molar-refractivity contribution < 1.29 is 4.79 Å². The number of H-pyrrole nitrogens is 1. The Morgan fingerprint density at radius 2 is 2.00 bits per heavy atom. The molecule has 0 atom stereocenters. The summed E-state index contributed by atoms with van der Waals surface area (Å²) < 4.78 is 0. The van der Waals surface area contributed by atoms with Crippen LogP contribution in [0.4, 0.5) is 0 Å². The molecule has 21 heavy (non-hydrogen) atoms. The van der Waals surface area contributed by atoms with Gasteiger partial charge < -0.3 is 4.98 Å². The monoisotopic (exact) mass is 294 g/mol. The van der Waals surface area contributed by atoms with Gasteiger partial charge in [-0.25, -0.2) is 4.98 Å². The predicted octanol–water partition coefficient (Wildman–Crippen LogP) is 4.36. The zero-order valence-corrected chi connectivity index (χ0v) is 12.4. The summed E-state index contributed by atoms with van der Waals surface area (Å²) in [4.78, 5) is 19.6. The number of carbonyl (C=O) groups is 1. The normalized spacial score (nSPS) is 11.3. The molecular formula is C17H14N2OS. The van der Waals surface area contributed by atoms with Crippen molar-refractivity contribution in [2.75, 3.05) is 0 Å². The van der Waals surface area contributed by atoms with Crippen molar-refractivity contribution >= 4 is 28.6 Å². The number of imidazole rings is 1. The van der Waals surface area contributed by atoms with Gasteiger partial charge in [0.2, 0.25) is 0 Å². The lowest BCUT2D eigenvalue weighted by Crippen LogP contribution is -1.92. The Morgan fingerprint density at radius 1 is 1.19 bits per heavy atom. The number of benzene rings is 2. The van der Waals surface area contributed by atoms with Gasteiger partial charge in [-0.1, -0.05) is 48.2 Å². The van der Waals surface area contributed by atoms with Crippen molar-refractivity contribution in [3.63, 3.8) is 0 Å². The molecule has 3 nitrogen and oxygen atoms in total. The predicted molar refractivity (Wildman–Crippen MR) is 86.6 cm³/mol. The van der Waals surface area contributed by atoms with E-state index in [-0.39, 0.29) is 5.78 Å².